The fourth-order valence-corrected chi connectivity index (χ4v) is 3.37. The van der Waals surface area contributed by atoms with E-state index in [-0.39, 0.29) is 11.5 Å². The molecular weight excluding hydrogens is 330 g/mol. The molecule has 1 saturated carbocycles. The number of nitrogens with zero attached hydrogens (tertiary/aromatic N) is 2. The lowest BCUT2D eigenvalue weighted by Gasteiger charge is -2.11. The maximum Gasteiger partial charge on any atom is 0.266 e. The Hall–Kier alpha value is -2.63. The van der Waals surface area contributed by atoms with Crippen molar-refractivity contribution in [2.45, 2.75) is 38.6 Å². The molecule has 0 radical (unpaired) electrons. The maximum absolute atomic E-state index is 12.0. The van der Waals surface area contributed by atoms with Crippen LogP contribution in [0.3, 0.4) is 0 Å². The summed E-state index contributed by atoms with van der Waals surface area (Å²) >= 11 is 0. The lowest BCUT2D eigenvalue weighted by molar-refractivity contribution is -0.122. The van der Waals surface area contributed by atoms with Crippen LogP contribution in [0.15, 0.2) is 41.2 Å². The van der Waals surface area contributed by atoms with Gasteiger partial charge in [-0.3, -0.25) is 9.59 Å². The second kappa shape index (κ2) is 8.65. The average molecular weight is 355 g/mol. The number of carbonyl (C=O) groups excluding carboxylic acids is 1. The second-order valence-electron chi connectivity index (χ2n) is 6.71. The van der Waals surface area contributed by atoms with E-state index in [1.165, 1.54) is 23.6 Å². The molecule has 1 aliphatic carbocycles. The SMILES string of the molecule is COc1ccc(-c2ccc(=O)n(CCNC(=O)CC3CCCC3)n2)cc1. The molecule has 0 bridgehead atoms. The van der Waals surface area contributed by atoms with Crippen LogP contribution in [-0.4, -0.2) is 29.3 Å². The van der Waals surface area contributed by atoms with Crippen LogP contribution in [0.1, 0.15) is 32.1 Å². The molecule has 0 unspecified atom stereocenters. The van der Waals surface area contributed by atoms with Gasteiger partial charge in [0.15, 0.2) is 0 Å². The minimum atomic E-state index is -0.174. The van der Waals surface area contributed by atoms with Gasteiger partial charge in [0.05, 0.1) is 19.3 Å². The molecule has 1 aliphatic rings. The molecule has 3 rings (SSSR count). The minimum absolute atomic E-state index is 0.0660. The number of benzene rings is 1. The number of aromatic nitrogens is 2. The highest BCUT2D eigenvalue weighted by molar-refractivity contribution is 5.76. The van der Waals surface area contributed by atoms with Crippen molar-refractivity contribution in [3.8, 4) is 17.0 Å². The van der Waals surface area contributed by atoms with Crippen LogP contribution in [0.25, 0.3) is 11.3 Å². The molecule has 0 aliphatic heterocycles. The van der Waals surface area contributed by atoms with Gasteiger partial charge in [0.1, 0.15) is 5.75 Å². The van der Waals surface area contributed by atoms with Gasteiger partial charge in [-0.25, -0.2) is 4.68 Å². The van der Waals surface area contributed by atoms with Gasteiger partial charge in [-0.15, -0.1) is 0 Å². The van der Waals surface area contributed by atoms with Crippen molar-refractivity contribution in [2.24, 2.45) is 5.92 Å². The molecule has 0 spiro atoms. The lowest BCUT2D eigenvalue weighted by Crippen LogP contribution is -2.32. The van der Waals surface area contributed by atoms with E-state index in [9.17, 15) is 9.59 Å². The minimum Gasteiger partial charge on any atom is -0.497 e. The summed E-state index contributed by atoms with van der Waals surface area (Å²) in [4.78, 5) is 24.0. The Morgan fingerprint density at radius 3 is 2.62 bits per heavy atom. The van der Waals surface area contributed by atoms with E-state index >= 15 is 0 Å². The maximum atomic E-state index is 12.0. The Balaban J connectivity index is 1.58. The lowest BCUT2D eigenvalue weighted by atomic mass is 10.0. The number of amides is 1. The summed E-state index contributed by atoms with van der Waals surface area (Å²) in [5.74, 6) is 1.36. The van der Waals surface area contributed by atoms with Crippen LogP contribution in [0, 0.1) is 5.92 Å². The standard InChI is InChI=1S/C20H25N3O3/c1-26-17-8-6-16(7-9-17)18-10-11-20(25)23(22-18)13-12-21-19(24)14-15-4-2-3-5-15/h6-11,15H,2-5,12-14H2,1H3,(H,21,24). The van der Waals surface area contributed by atoms with E-state index in [1.54, 1.807) is 13.2 Å². The van der Waals surface area contributed by atoms with Gasteiger partial charge in [0.25, 0.3) is 5.56 Å². The Morgan fingerprint density at radius 2 is 1.92 bits per heavy atom. The van der Waals surface area contributed by atoms with Gasteiger partial charge in [0, 0.05) is 24.6 Å². The molecule has 0 atom stereocenters. The molecule has 1 fully saturated rings. The molecule has 1 amide bonds. The first-order valence-corrected chi connectivity index (χ1v) is 9.15. The third kappa shape index (κ3) is 4.71. The van der Waals surface area contributed by atoms with Crippen LogP contribution in [-0.2, 0) is 11.3 Å². The van der Waals surface area contributed by atoms with Crippen molar-refractivity contribution >= 4 is 5.91 Å². The fourth-order valence-electron chi connectivity index (χ4n) is 3.37. The van der Waals surface area contributed by atoms with Crippen LogP contribution < -0.4 is 15.6 Å². The van der Waals surface area contributed by atoms with Gasteiger partial charge in [-0.2, -0.15) is 5.10 Å². The zero-order valence-electron chi connectivity index (χ0n) is 15.1. The topological polar surface area (TPSA) is 73.2 Å². The number of nitrogens with one attached hydrogen (secondary N) is 1. The van der Waals surface area contributed by atoms with Gasteiger partial charge in [0.2, 0.25) is 5.91 Å². The summed E-state index contributed by atoms with van der Waals surface area (Å²) in [6.07, 6.45) is 5.36. The Labute approximate surface area is 153 Å². The molecule has 138 valence electrons. The van der Waals surface area contributed by atoms with Crippen molar-refractivity contribution in [1.82, 2.24) is 15.1 Å². The molecule has 1 aromatic carbocycles. The van der Waals surface area contributed by atoms with Crippen LogP contribution in [0.4, 0.5) is 0 Å². The van der Waals surface area contributed by atoms with E-state index in [1.807, 2.05) is 24.3 Å². The zero-order chi connectivity index (χ0) is 18.4. The van der Waals surface area contributed by atoms with E-state index in [4.69, 9.17) is 4.74 Å². The number of ether oxygens (including phenoxy) is 1. The van der Waals surface area contributed by atoms with Crippen LogP contribution in [0.2, 0.25) is 0 Å². The Morgan fingerprint density at radius 1 is 1.19 bits per heavy atom. The third-order valence-corrected chi connectivity index (χ3v) is 4.85. The molecule has 26 heavy (non-hydrogen) atoms. The van der Waals surface area contributed by atoms with Crippen molar-refractivity contribution < 1.29 is 9.53 Å². The summed E-state index contributed by atoms with van der Waals surface area (Å²) < 4.78 is 6.55. The summed E-state index contributed by atoms with van der Waals surface area (Å²) in [5, 5.41) is 7.31. The van der Waals surface area contributed by atoms with E-state index in [0.29, 0.717) is 31.1 Å². The van der Waals surface area contributed by atoms with E-state index < -0.39 is 0 Å². The van der Waals surface area contributed by atoms with Gasteiger partial charge in [-0.1, -0.05) is 12.8 Å². The van der Waals surface area contributed by atoms with Crippen molar-refractivity contribution in [1.29, 1.82) is 0 Å². The Kier molecular flexibility index (Phi) is 6.04. The van der Waals surface area contributed by atoms with E-state index in [2.05, 4.69) is 10.4 Å². The smallest absolute Gasteiger partial charge is 0.266 e. The summed E-state index contributed by atoms with van der Waals surface area (Å²) in [6, 6.07) is 10.7. The molecule has 6 heteroatoms. The number of rotatable bonds is 7. The molecule has 1 aromatic heterocycles. The molecule has 6 nitrogen and oxygen atoms in total. The van der Waals surface area contributed by atoms with Crippen molar-refractivity contribution in [3.63, 3.8) is 0 Å². The van der Waals surface area contributed by atoms with Crippen LogP contribution in [0.5, 0.6) is 5.75 Å². The monoisotopic (exact) mass is 355 g/mol. The molecule has 1 N–H and O–H groups in total. The first-order valence-electron chi connectivity index (χ1n) is 9.15. The third-order valence-electron chi connectivity index (χ3n) is 4.85. The largest absolute Gasteiger partial charge is 0.497 e. The highest BCUT2D eigenvalue weighted by Crippen LogP contribution is 2.27. The predicted molar refractivity (Wildman–Crippen MR) is 100 cm³/mol. The quantitative estimate of drug-likeness (QED) is 0.829. The first kappa shape index (κ1) is 18.2. The predicted octanol–water partition coefficient (Wildman–Crippen LogP) is 2.62. The first-order chi connectivity index (χ1) is 12.7. The second-order valence-corrected chi connectivity index (χ2v) is 6.71. The fraction of sp³-hybridized carbons (Fsp3) is 0.450. The van der Waals surface area contributed by atoms with Crippen molar-refractivity contribution in [3.05, 3.63) is 46.8 Å². The number of carbonyl (C=O) groups is 1. The molecule has 1 heterocycles. The number of hydrogen-bond donors (Lipinski definition) is 1. The van der Waals surface area contributed by atoms with E-state index in [0.717, 1.165) is 24.2 Å². The van der Waals surface area contributed by atoms with Gasteiger partial charge in [-0.05, 0) is 49.1 Å². The highest BCUT2D eigenvalue weighted by atomic mass is 16.5. The van der Waals surface area contributed by atoms with Gasteiger partial charge >= 0.3 is 0 Å². The summed E-state index contributed by atoms with van der Waals surface area (Å²) in [7, 11) is 1.62. The molecular formula is C20H25N3O3. The van der Waals surface area contributed by atoms with Crippen molar-refractivity contribution in [2.75, 3.05) is 13.7 Å². The zero-order valence-corrected chi connectivity index (χ0v) is 15.1. The van der Waals surface area contributed by atoms with Gasteiger partial charge < -0.3 is 10.1 Å². The summed E-state index contributed by atoms with van der Waals surface area (Å²) in [6.45, 7) is 0.768. The number of hydrogen-bond acceptors (Lipinski definition) is 4. The number of methoxy groups -OCH3 is 1. The Bertz CT molecular complexity index is 793. The molecule has 0 saturated heterocycles. The summed E-state index contributed by atoms with van der Waals surface area (Å²) in [5.41, 5.74) is 1.45. The molecule has 2 aromatic rings. The highest BCUT2D eigenvalue weighted by Gasteiger charge is 2.18. The normalized spacial score (nSPS) is 14.3. The van der Waals surface area contributed by atoms with Crippen LogP contribution >= 0.6 is 0 Å². The average Bonchev–Trinajstić information content (AvgIpc) is 3.16.